The average molecular weight is 311 g/mol. The summed E-state index contributed by atoms with van der Waals surface area (Å²) in [6.45, 7) is 10.8. The second-order valence-corrected chi connectivity index (χ2v) is 6.69. The lowest BCUT2D eigenvalue weighted by Crippen LogP contribution is -2.40. The van der Waals surface area contributed by atoms with E-state index in [9.17, 15) is 4.79 Å². The Bertz CT molecular complexity index is 523. The van der Waals surface area contributed by atoms with Crippen LogP contribution in [0.1, 0.15) is 52.3 Å². The first-order valence-corrected chi connectivity index (χ1v) is 7.64. The molecule has 1 aliphatic heterocycles. The highest BCUT2D eigenvalue weighted by Crippen LogP contribution is 2.30. The van der Waals surface area contributed by atoms with Crippen LogP contribution in [0.15, 0.2) is 4.42 Å². The zero-order valence-electron chi connectivity index (χ0n) is 14.0. The molecule has 0 aromatic carbocycles. The largest absolute Gasteiger partial charge is 0.444 e. The van der Waals surface area contributed by atoms with Crippen molar-refractivity contribution in [3.63, 3.8) is 0 Å². The van der Waals surface area contributed by atoms with Crippen molar-refractivity contribution < 1.29 is 18.7 Å². The zero-order chi connectivity index (χ0) is 16.4. The lowest BCUT2D eigenvalue weighted by Gasteiger charge is -2.29. The summed E-state index contributed by atoms with van der Waals surface area (Å²) in [6, 6.07) is 0. The van der Waals surface area contributed by atoms with E-state index in [4.69, 9.17) is 13.9 Å². The number of likely N-dealkylation sites (tertiary alicyclic amines) is 1. The number of amides is 1. The fourth-order valence-corrected chi connectivity index (χ4v) is 2.45. The Hall–Kier alpha value is -1.63. The molecule has 1 fully saturated rings. The molecule has 0 radical (unpaired) electrons. The van der Waals surface area contributed by atoms with Crippen LogP contribution in [-0.2, 0) is 16.1 Å². The molecule has 0 bridgehead atoms. The quantitative estimate of drug-likeness (QED) is 0.850. The van der Waals surface area contributed by atoms with Gasteiger partial charge in [-0.25, -0.2) is 4.79 Å². The first-order valence-electron chi connectivity index (χ1n) is 7.64. The molecule has 2 heterocycles. The number of carbonyl (C=O) groups excluding carboxylic acids is 1. The Labute approximate surface area is 131 Å². The minimum Gasteiger partial charge on any atom is -0.444 e. The molecule has 7 heteroatoms. The molecule has 7 nitrogen and oxygen atoms in total. The molecule has 1 amide bonds. The Balaban J connectivity index is 1.93. The summed E-state index contributed by atoms with van der Waals surface area (Å²) in [5.41, 5.74) is -0.865. The van der Waals surface area contributed by atoms with Gasteiger partial charge in [0.1, 0.15) is 12.2 Å². The monoisotopic (exact) mass is 311 g/mol. The van der Waals surface area contributed by atoms with E-state index in [1.165, 1.54) is 0 Å². The molecule has 1 atom stereocenters. The third kappa shape index (κ3) is 4.19. The molecule has 1 aromatic heterocycles. The van der Waals surface area contributed by atoms with Crippen molar-refractivity contribution in [1.29, 1.82) is 0 Å². The van der Waals surface area contributed by atoms with E-state index in [1.807, 2.05) is 20.8 Å². The van der Waals surface area contributed by atoms with Gasteiger partial charge in [-0.3, -0.25) is 0 Å². The summed E-state index contributed by atoms with van der Waals surface area (Å²) in [5.74, 6) is 0.979. The number of hydrogen-bond donors (Lipinski definition) is 0. The summed E-state index contributed by atoms with van der Waals surface area (Å²) in [4.78, 5) is 13.9. The van der Waals surface area contributed by atoms with E-state index in [2.05, 4.69) is 17.1 Å². The third-order valence-corrected chi connectivity index (χ3v) is 3.68. The predicted molar refractivity (Wildman–Crippen MR) is 79.3 cm³/mol. The number of hydrogen-bond acceptors (Lipinski definition) is 6. The van der Waals surface area contributed by atoms with Crippen molar-refractivity contribution in [2.24, 2.45) is 0 Å². The van der Waals surface area contributed by atoms with Crippen LogP contribution in [0.4, 0.5) is 4.79 Å². The van der Waals surface area contributed by atoms with Crippen LogP contribution in [0, 0.1) is 6.92 Å². The van der Waals surface area contributed by atoms with E-state index < -0.39 is 5.60 Å². The normalized spacial score (nSPS) is 22.1. The molecule has 0 aliphatic carbocycles. The zero-order valence-corrected chi connectivity index (χ0v) is 14.0. The number of ether oxygens (including phenoxy) is 2. The van der Waals surface area contributed by atoms with E-state index in [1.54, 1.807) is 11.8 Å². The minimum atomic E-state index is -0.489. The molecule has 0 N–H and O–H groups in total. The van der Waals surface area contributed by atoms with Crippen molar-refractivity contribution in [3.8, 4) is 0 Å². The van der Waals surface area contributed by atoms with Crippen molar-refractivity contribution >= 4 is 6.09 Å². The van der Waals surface area contributed by atoms with Gasteiger partial charge in [0.25, 0.3) is 0 Å². The molecular formula is C15H25N3O4. The number of nitrogens with zero attached hydrogens (tertiary/aromatic N) is 3. The molecule has 1 aromatic rings. The van der Waals surface area contributed by atoms with Gasteiger partial charge in [0.2, 0.25) is 11.8 Å². The topological polar surface area (TPSA) is 77.7 Å². The van der Waals surface area contributed by atoms with Gasteiger partial charge in [0.05, 0.1) is 12.1 Å². The Morgan fingerprint density at radius 3 is 2.68 bits per heavy atom. The number of rotatable bonds is 4. The Morgan fingerprint density at radius 1 is 1.41 bits per heavy atom. The molecule has 22 heavy (non-hydrogen) atoms. The number of aryl methyl sites for hydroxylation is 1. The molecule has 1 saturated heterocycles. The molecule has 0 spiro atoms. The number of aromatic nitrogens is 2. The van der Waals surface area contributed by atoms with Crippen molar-refractivity contribution in [2.45, 2.75) is 65.3 Å². The van der Waals surface area contributed by atoms with Gasteiger partial charge in [-0.1, -0.05) is 6.92 Å². The van der Waals surface area contributed by atoms with Crippen LogP contribution in [-0.4, -0.2) is 45.5 Å². The van der Waals surface area contributed by atoms with E-state index in [-0.39, 0.29) is 18.3 Å². The van der Waals surface area contributed by atoms with Gasteiger partial charge in [0, 0.05) is 13.5 Å². The summed E-state index contributed by atoms with van der Waals surface area (Å²) in [5, 5.41) is 7.71. The molecule has 0 saturated carbocycles. The van der Waals surface area contributed by atoms with Crippen molar-refractivity contribution in [2.75, 3.05) is 13.1 Å². The second kappa shape index (κ2) is 6.24. The van der Waals surface area contributed by atoms with Gasteiger partial charge >= 0.3 is 6.09 Å². The second-order valence-electron chi connectivity index (χ2n) is 6.69. The van der Waals surface area contributed by atoms with Crippen LogP contribution in [0.5, 0.6) is 0 Å². The fraction of sp³-hybridized carbons (Fsp3) is 0.800. The van der Waals surface area contributed by atoms with Crippen molar-refractivity contribution in [3.05, 3.63) is 11.8 Å². The van der Waals surface area contributed by atoms with E-state index in [0.717, 1.165) is 12.8 Å². The van der Waals surface area contributed by atoms with Gasteiger partial charge in [0.15, 0.2) is 0 Å². The first-order chi connectivity index (χ1) is 10.2. The summed E-state index contributed by atoms with van der Waals surface area (Å²) in [6.07, 6.45) is 1.29. The fourth-order valence-electron chi connectivity index (χ4n) is 2.45. The van der Waals surface area contributed by atoms with Gasteiger partial charge in [-0.2, -0.15) is 0 Å². The lowest BCUT2D eigenvalue weighted by molar-refractivity contribution is -0.0600. The Morgan fingerprint density at radius 2 is 2.14 bits per heavy atom. The predicted octanol–water partition coefficient (Wildman–Crippen LogP) is 2.68. The minimum absolute atomic E-state index is 0.261. The standard InChI is InChI=1S/C15H25N3O4/c1-6-15(20-9-12-17-16-11(2)21-12)7-8-18(10-15)13(19)22-14(3,4)5/h6-10H2,1-5H3. The molecule has 1 unspecified atom stereocenters. The average Bonchev–Trinajstić information content (AvgIpc) is 3.02. The summed E-state index contributed by atoms with van der Waals surface area (Å²) in [7, 11) is 0. The highest BCUT2D eigenvalue weighted by molar-refractivity contribution is 5.68. The molecule has 2 rings (SSSR count). The van der Waals surface area contributed by atoms with Crippen LogP contribution in [0.3, 0.4) is 0 Å². The lowest BCUT2D eigenvalue weighted by atomic mass is 10.00. The first kappa shape index (κ1) is 16.7. The molecule has 1 aliphatic rings. The highest BCUT2D eigenvalue weighted by atomic mass is 16.6. The Kier molecular flexibility index (Phi) is 4.75. The maximum Gasteiger partial charge on any atom is 0.410 e. The van der Waals surface area contributed by atoms with Crippen LogP contribution >= 0.6 is 0 Å². The number of carbonyl (C=O) groups is 1. The maximum atomic E-state index is 12.1. The summed E-state index contributed by atoms with van der Waals surface area (Å²) >= 11 is 0. The van der Waals surface area contributed by atoms with E-state index in [0.29, 0.717) is 24.9 Å². The van der Waals surface area contributed by atoms with E-state index >= 15 is 0 Å². The SMILES string of the molecule is CCC1(OCc2nnc(C)o2)CCN(C(=O)OC(C)(C)C)C1. The third-order valence-electron chi connectivity index (χ3n) is 3.68. The maximum absolute atomic E-state index is 12.1. The van der Waals surface area contributed by atoms with Crippen LogP contribution in [0.2, 0.25) is 0 Å². The smallest absolute Gasteiger partial charge is 0.410 e. The van der Waals surface area contributed by atoms with Crippen LogP contribution in [0.25, 0.3) is 0 Å². The van der Waals surface area contributed by atoms with Gasteiger partial charge in [-0.15, -0.1) is 10.2 Å². The van der Waals surface area contributed by atoms with Crippen molar-refractivity contribution in [1.82, 2.24) is 15.1 Å². The van der Waals surface area contributed by atoms with Gasteiger partial charge in [-0.05, 0) is 33.6 Å². The molecule has 124 valence electrons. The van der Waals surface area contributed by atoms with Crippen LogP contribution < -0.4 is 0 Å². The molecular weight excluding hydrogens is 286 g/mol. The van der Waals surface area contributed by atoms with Gasteiger partial charge < -0.3 is 18.8 Å². The summed E-state index contributed by atoms with van der Waals surface area (Å²) < 4.78 is 16.7. The highest BCUT2D eigenvalue weighted by Gasteiger charge is 2.41.